The molecule has 0 amide bonds. The molecule has 2 N–H and O–H groups in total. The summed E-state index contributed by atoms with van der Waals surface area (Å²) in [5.74, 6) is -0.0249. The van der Waals surface area contributed by atoms with Gasteiger partial charge in [0.2, 0.25) is 0 Å². The van der Waals surface area contributed by atoms with Gasteiger partial charge in [-0.25, -0.2) is 4.79 Å². The number of aryl methyl sites for hydroxylation is 1. The van der Waals surface area contributed by atoms with E-state index in [9.17, 15) is 9.59 Å². The molecule has 1 rings (SSSR count). The summed E-state index contributed by atoms with van der Waals surface area (Å²) in [6, 6.07) is 0. The Bertz CT molecular complexity index is 342. The fourth-order valence-corrected chi connectivity index (χ4v) is 0.667. The minimum Gasteiger partial charge on any atom is -0.383 e. The summed E-state index contributed by atoms with van der Waals surface area (Å²) in [5, 5.41) is 0. The van der Waals surface area contributed by atoms with Gasteiger partial charge in [0.25, 0.3) is 0 Å². The number of aromatic nitrogens is 2. The second-order valence-electron chi connectivity index (χ2n) is 2.09. The van der Waals surface area contributed by atoms with E-state index in [-0.39, 0.29) is 11.4 Å². The quantitative estimate of drug-likeness (QED) is 0.534. The Morgan fingerprint density at radius 3 is 2.91 bits per heavy atom. The Kier molecular flexibility index (Phi) is 1.72. The second-order valence-corrected chi connectivity index (χ2v) is 2.09. The summed E-state index contributed by atoms with van der Waals surface area (Å²) in [7, 11) is 1.50. The zero-order valence-corrected chi connectivity index (χ0v) is 5.94. The van der Waals surface area contributed by atoms with Crippen LogP contribution in [0.3, 0.4) is 0 Å². The first-order valence-electron chi connectivity index (χ1n) is 2.93. The van der Waals surface area contributed by atoms with Crippen LogP contribution in [-0.2, 0) is 7.05 Å². The van der Waals surface area contributed by atoms with Crippen molar-refractivity contribution in [1.82, 2.24) is 9.55 Å². The van der Waals surface area contributed by atoms with Crippen LogP contribution in [-0.4, -0.2) is 15.8 Å². The van der Waals surface area contributed by atoms with Crippen molar-refractivity contribution >= 4 is 12.1 Å². The molecule has 11 heavy (non-hydrogen) atoms. The number of aldehydes is 1. The van der Waals surface area contributed by atoms with Crippen molar-refractivity contribution in [3.8, 4) is 0 Å². The minimum absolute atomic E-state index is 0.0249. The second kappa shape index (κ2) is 2.53. The number of nitrogens with zero attached hydrogens (tertiary/aromatic N) is 2. The van der Waals surface area contributed by atoms with E-state index in [4.69, 9.17) is 5.73 Å². The van der Waals surface area contributed by atoms with Crippen molar-refractivity contribution in [3.05, 3.63) is 22.2 Å². The van der Waals surface area contributed by atoms with Gasteiger partial charge in [0, 0.05) is 13.2 Å². The molecule has 0 unspecified atom stereocenters. The fourth-order valence-electron chi connectivity index (χ4n) is 0.667. The van der Waals surface area contributed by atoms with Crippen LogP contribution < -0.4 is 11.4 Å². The smallest absolute Gasteiger partial charge is 0.349 e. The standard InChI is InChI=1S/C6H7N3O2/c1-9-2-4(3-10)5(7)8-6(9)11/h2-3H,1H3,(H2,7,8,11). The lowest BCUT2D eigenvalue weighted by atomic mass is 10.3. The zero-order chi connectivity index (χ0) is 8.43. The van der Waals surface area contributed by atoms with E-state index >= 15 is 0 Å². The highest BCUT2D eigenvalue weighted by Crippen LogP contribution is 1.98. The zero-order valence-electron chi connectivity index (χ0n) is 5.94. The monoisotopic (exact) mass is 153 g/mol. The SMILES string of the molecule is Cn1cc(C=O)c(N)nc1=O. The largest absolute Gasteiger partial charge is 0.383 e. The van der Waals surface area contributed by atoms with E-state index in [1.807, 2.05) is 0 Å². The summed E-state index contributed by atoms with van der Waals surface area (Å²) in [6.07, 6.45) is 1.90. The van der Waals surface area contributed by atoms with Crippen LogP contribution in [0, 0.1) is 0 Å². The molecule has 0 aromatic carbocycles. The molecule has 0 aliphatic carbocycles. The molecule has 0 saturated heterocycles. The molecule has 0 bridgehead atoms. The molecule has 5 heteroatoms. The number of rotatable bonds is 1. The van der Waals surface area contributed by atoms with Crippen molar-refractivity contribution in [2.24, 2.45) is 7.05 Å². The molecule has 0 radical (unpaired) electrons. The summed E-state index contributed by atoms with van der Waals surface area (Å²) < 4.78 is 1.19. The van der Waals surface area contributed by atoms with E-state index in [0.29, 0.717) is 6.29 Å². The predicted molar refractivity (Wildman–Crippen MR) is 39.3 cm³/mol. The Morgan fingerprint density at radius 1 is 1.73 bits per heavy atom. The van der Waals surface area contributed by atoms with Crippen LogP contribution in [0.5, 0.6) is 0 Å². The van der Waals surface area contributed by atoms with Crippen molar-refractivity contribution < 1.29 is 4.79 Å². The summed E-state index contributed by atoms with van der Waals surface area (Å²) in [6.45, 7) is 0. The van der Waals surface area contributed by atoms with E-state index < -0.39 is 5.69 Å². The van der Waals surface area contributed by atoms with Gasteiger partial charge in [-0.05, 0) is 0 Å². The maximum Gasteiger partial charge on any atom is 0.349 e. The van der Waals surface area contributed by atoms with Gasteiger partial charge in [0.05, 0.1) is 5.56 Å². The van der Waals surface area contributed by atoms with Crippen LogP contribution >= 0.6 is 0 Å². The van der Waals surface area contributed by atoms with E-state index in [2.05, 4.69) is 4.98 Å². The average molecular weight is 153 g/mol. The molecule has 1 aromatic heterocycles. The van der Waals surface area contributed by atoms with Crippen LogP contribution in [0.25, 0.3) is 0 Å². The van der Waals surface area contributed by atoms with Crippen LogP contribution in [0.1, 0.15) is 10.4 Å². The van der Waals surface area contributed by atoms with Gasteiger partial charge in [0.15, 0.2) is 6.29 Å². The molecule has 0 fully saturated rings. The molecule has 1 aromatic rings. The van der Waals surface area contributed by atoms with E-state index in [0.717, 1.165) is 0 Å². The highest BCUT2D eigenvalue weighted by Gasteiger charge is 2.00. The lowest BCUT2D eigenvalue weighted by Gasteiger charge is -1.98. The Morgan fingerprint density at radius 2 is 2.36 bits per heavy atom. The van der Waals surface area contributed by atoms with Gasteiger partial charge in [-0.1, -0.05) is 0 Å². The third-order valence-electron chi connectivity index (χ3n) is 1.27. The molecule has 0 spiro atoms. The first kappa shape index (κ1) is 7.46. The number of anilines is 1. The number of nitrogen functional groups attached to an aromatic ring is 1. The molecular weight excluding hydrogens is 146 g/mol. The van der Waals surface area contributed by atoms with Gasteiger partial charge in [-0.15, -0.1) is 0 Å². The lowest BCUT2D eigenvalue weighted by molar-refractivity contribution is 0.112. The van der Waals surface area contributed by atoms with Crippen LogP contribution in [0.15, 0.2) is 11.0 Å². The maximum absolute atomic E-state index is 10.8. The number of carbonyl (C=O) groups is 1. The topological polar surface area (TPSA) is 78.0 Å². The van der Waals surface area contributed by atoms with E-state index in [1.165, 1.54) is 17.8 Å². The van der Waals surface area contributed by atoms with Gasteiger partial charge in [-0.3, -0.25) is 4.79 Å². The van der Waals surface area contributed by atoms with Gasteiger partial charge in [0.1, 0.15) is 5.82 Å². The normalized spacial score (nSPS) is 9.55. The first-order valence-corrected chi connectivity index (χ1v) is 2.93. The molecule has 0 aliphatic heterocycles. The highest BCUT2D eigenvalue weighted by molar-refractivity contribution is 5.80. The van der Waals surface area contributed by atoms with Crippen molar-refractivity contribution in [1.29, 1.82) is 0 Å². The molecule has 58 valence electrons. The highest BCUT2D eigenvalue weighted by atomic mass is 16.1. The molecular formula is C6H7N3O2. The van der Waals surface area contributed by atoms with Gasteiger partial charge >= 0.3 is 5.69 Å². The van der Waals surface area contributed by atoms with Crippen molar-refractivity contribution in [3.63, 3.8) is 0 Å². The Balaban J connectivity index is 3.43. The average Bonchev–Trinajstić information content (AvgIpc) is 1.97. The summed E-state index contributed by atoms with van der Waals surface area (Å²) in [5.41, 5.74) is 5.01. The summed E-state index contributed by atoms with van der Waals surface area (Å²) >= 11 is 0. The maximum atomic E-state index is 10.8. The molecule has 0 saturated carbocycles. The molecule has 5 nitrogen and oxygen atoms in total. The first-order chi connectivity index (χ1) is 5.15. The molecule has 0 atom stereocenters. The third-order valence-corrected chi connectivity index (χ3v) is 1.27. The predicted octanol–water partition coefficient (Wildman–Crippen LogP) is -0.825. The Hall–Kier alpha value is -1.65. The van der Waals surface area contributed by atoms with E-state index in [1.54, 1.807) is 0 Å². The molecule has 0 aliphatic rings. The fraction of sp³-hybridized carbons (Fsp3) is 0.167. The number of hydrogen-bond donors (Lipinski definition) is 1. The van der Waals surface area contributed by atoms with Crippen LogP contribution in [0.4, 0.5) is 5.82 Å². The number of carbonyl (C=O) groups excluding carboxylic acids is 1. The third kappa shape index (κ3) is 1.26. The number of hydrogen-bond acceptors (Lipinski definition) is 4. The van der Waals surface area contributed by atoms with Gasteiger partial charge in [-0.2, -0.15) is 4.98 Å². The van der Waals surface area contributed by atoms with Crippen molar-refractivity contribution in [2.75, 3.05) is 5.73 Å². The molecule has 1 heterocycles. The lowest BCUT2D eigenvalue weighted by Crippen LogP contribution is -2.21. The van der Waals surface area contributed by atoms with Crippen LogP contribution in [0.2, 0.25) is 0 Å². The number of nitrogens with two attached hydrogens (primary N) is 1. The van der Waals surface area contributed by atoms with Gasteiger partial charge < -0.3 is 10.3 Å². The summed E-state index contributed by atoms with van der Waals surface area (Å²) in [4.78, 5) is 24.4. The van der Waals surface area contributed by atoms with Crippen molar-refractivity contribution in [2.45, 2.75) is 0 Å². The minimum atomic E-state index is -0.465. The Labute approximate surface area is 62.5 Å².